The summed E-state index contributed by atoms with van der Waals surface area (Å²) in [5.41, 5.74) is 0.864. The van der Waals surface area contributed by atoms with Crippen molar-refractivity contribution in [3.05, 3.63) is 41.6 Å². The Kier molecular flexibility index (Phi) is 4.78. The van der Waals surface area contributed by atoms with Gasteiger partial charge in [-0.2, -0.15) is 5.10 Å². The van der Waals surface area contributed by atoms with Gasteiger partial charge in [-0.05, 0) is 31.9 Å². The Hall–Kier alpha value is -2.44. The van der Waals surface area contributed by atoms with E-state index in [9.17, 15) is 13.6 Å². The van der Waals surface area contributed by atoms with Crippen LogP contribution in [0.15, 0.2) is 24.4 Å². The molecule has 7 heteroatoms. The van der Waals surface area contributed by atoms with E-state index < -0.39 is 17.5 Å². The number of hydrogen-bond acceptors (Lipinski definition) is 3. The Morgan fingerprint density at radius 3 is 2.83 bits per heavy atom. The second kappa shape index (κ2) is 6.98. The zero-order chi connectivity index (χ0) is 17.1. The second-order valence-electron chi connectivity index (χ2n) is 5.97. The van der Waals surface area contributed by atoms with E-state index in [0.29, 0.717) is 17.9 Å². The number of carbonyl (C=O) groups excluding carboxylic acids is 1. The summed E-state index contributed by atoms with van der Waals surface area (Å²) in [4.78, 5) is 12.1. The van der Waals surface area contributed by atoms with E-state index in [1.807, 2.05) is 11.6 Å². The fourth-order valence-electron chi connectivity index (χ4n) is 2.93. The van der Waals surface area contributed by atoms with Gasteiger partial charge in [0.25, 0.3) is 5.91 Å². The summed E-state index contributed by atoms with van der Waals surface area (Å²) >= 11 is 0. The number of amides is 1. The summed E-state index contributed by atoms with van der Waals surface area (Å²) in [5.74, 6) is -1.46. The third-order valence-electron chi connectivity index (χ3n) is 4.16. The van der Waals surface area contributed by atoms with Crippen molar-refractivity contribution in [2.45, 2.75) is 38.6 Å². The molecule has 0 unspecified atom stereocenters. The lowest BCUT2D eigenvalue weighted by Crippen LogP contribution is -2.23. The number of hydrogen-bond donors (Lipinski definition) is 1. The van der Waals surface area contributed by atoms with Crippen LogP contribution in [0.25, 0.3) is 0 Å². The van der Waals surface area contributed by atoms with Crippen molar-refractivity contribution in [3.63, 3.8) is 0 Å². The van der Waals surface area contributed by atoms with E-state index in [-0.39, 0.29) is 12.4 Å². The standard InChI is InChI=1S/C17H19F2N3O2/c1-11-9-20-22(13-4-2-3-5-13)17(11)21-16(23)10-24-15-7-6-12(18)8-14(15)19/h6-9,13H,2-5,10H2,1H3,(H,21,23). The number of anilines is 1. The Balaban J connectivity index is 1.64. The maximum atomic E-state index is 13.5. The maximum Gasteiger partial charge on any atom is 0.263 e. The SMILES string of the molecule is Cc1cnn(C2CCCC2)c1NC(=O)COc1ccc(F)cc1F. The topological polar surface area (TPSA) is 56.2 Å². The number of carbonyl (C=O) groups is 1. The number of benzene rings is 1. The maximum absolute atomic E-state index is 13.5. The molecular weight excluding hydrogens is 316 g/mol. The Bertz CT molecular complexity index is 739. The van der Waals surface area contributed by atoms with Gasteiger partial charge < -0.3 is 10.1 Å². The van der Waals surface area contributed by atoms with E-state index in [1.165, 1.54) is 0 Å². The molecule has 1 aliphatic carbocycles. The van der Waals surface area contributed by atoms with E-state index in [4.69, 9.17) is 4.74 Å². The normalized spacial score (nSPS) is 14.8. The van der Waals surface area contributed by atoms with E-state index in [0.717, 1.165) is 43.4 Å². The molecule has 2 aromatic rings. The highest BCUT2D eigenvalue weighted by Crippen LogP contribution is 2.32. The number of nitrogens with zero attached hydrogens (tertiary/aromatic N) is 2. The van der Waals surface area contributed by atoms with Gasteiger partial charge in [-0.1, -0.05) is 12.8 Å². The molecule has 128 valence electrons. The Morgan fingerprint density at radius 2 is 2.12 bits per heavy atom. The average molecular weight is 335 g/mol. The van der Waals surface area contributed by atoms with Gasteiger partial charge in [0.2, 0.25) is 0 Å². The lowest BCUT2D eigenvalue weighted by atomic mass is 10.2. The molecule has 5 nitrogen and oxygen atoms in total. The van der Waals surface area contributed by atoms with E-state index in [2.05, 4.69) is 10.4 Å². The highest BCUT2D eigenvalue weighted by atomic mass is 19.1. The summed E-state index contributed by atoms with van der Waals surface area (Å²) < 4.78 is 33.3. The van der Waals surface area contributed by atoms with Gasteiger partial charge in [0, 0.05) is 11.6 Å². The zero-order valence-electron chi connectivity index (χ0n) is 13.4. The highest BCUT2D eigenvalue weighted by molar-refractivity contribution is 5.91. The molecule has 1 fully saturated rings. The van der Waals surface area contributed by atoms with Crippen molar-refractivity contribution >= 4 is 11.7 Å². The number of ether oxygens (including phenoxy) is 1. The summed E-state index contributed by atoms with van der Waals surface area (Å²) in [6.07, 6.45) is 6.12. The molecule has 0 spiro atoms. The van der Waals surface area contributed by atoms with Crippen molar-refractivity contribution in [2.75, 3.05) is 11.9 Å². The van der Waals surface area contributed by atoms with Crippen molar-refractivity contribution in [3.8, 4) is 5.75 Å². The zero-order valence-corrected chi connectivity index (χ0v) is 13.4. The summed E-state index contributed by atoms with van der Waals surface area (Å²) in [6.45, 7) is 1.51. The Labute approximate surface area is 138 Å². The monoisotopic (exact) mass is 335 g/mol. The molecule has 0 radical (unpaired) electrons. The summed E-state index contributed by atoms with van der Waals surface area (Å²) in [5, 5.41) is 7.13. The number of rotatable bonds is 5. The predicted molar refractivity (Wildman–Crippen MR) is 85.0 cm³/mol. The quantitative estimate of drug-likeness (QED) is 0.908. The first-order chi connectivity index (χ1) is 11.5. The minimum atomic E-state index is -0.838. The van der Waals surface area contributed by atoms with Crippen molar-refractivity contribution < 1.29 is 18.3 Å². The number of aromatic nitrogens is 2. The van der Waals surface area contributed by atoms with Gasteiger partial charge in [-0.15, -0.1) is 0 Å². The van der Waals surface area contributed by atoms with Crippen LogP contribution in [0.4, 0.5) is 14.6 Å². The molecule has 0 atom stereocenters. The van der Waals surface area contributed by atoms with Crippen LogP contribution in [0.2, 0.25) is 0 Å². The van der Waals surface area contributed by atoms with Crippen LogP contribution >= 0.6 is 0 Å². The fourth-order valence-corrected chi connectivity index (χ4v) is 2.93. The molecule has 1 saturated carbocycles. The van der Waals surface area contributed by atoms with E-state index >= 15 is 0 Å². The predicted octanol–water partition coefficient (Wildman–Crippen LogP) is 3.60. The lowest BCUT2D eigenvalue weighted by molar-refractivity contribution is -0.118. The molecule has 1 aromatic heterocycles. The van der Waals surface area contributed by atoms with Crippen LogP contribution < -0.4 is 10.1 Å². The average Bonchev–Trinajstić information content (AvgIpc) is 3.17. The largest absolute Gasteiger partial charge is 0.481 e. The number of halogens is 2. The first-order valence-electron chi connectivity index (χ1n) is 7.96. The molecule has 0 aliphatic heterocycles. The number of nitrogens with one attached hydrogen (secondary N) is 1. The molecule has 24 heavy (non-hydrogen) atoms. The first kappa shape index (κ1) is 16.4. The third-order valence-corrected chi connectivity index (χ3v) is 4.16. The Morgan fingerprint density at radius 1 is 1.38 bits per heavy atom. The van der Waals surface area contributed by atoms with Crippen LogP contribution in [0.1, 0.15) is 37.3 Å². The molecule has 3 rings (SSSR count). The molecule has 1 aromatic carbocycles. The van der Waals surface area contributed by atoms with Crippen molar-refractivity contribution in [1.82, 2.24) is 9.78 Å². The summed E-state index contributed by atoms with van der Waals surface area (Å²) in [7, 11) is 0. The molecule has 1 amide bonds. The van der Waals surface area contributed by atoms with Crippen LogP contribution in [0.5, 0.6) is 5.75 Å². The molecule has 0 bridgehead atoms. The smallest absolute Gasteiger partial charge is 0.263 e. The van der Waals surface area contributed by atoms with Gasteiger partial charge in [0.15, 0.2) is 18.2 Å². The lowest BCUT2D eigenvalue weighted by Gasteiger charge is -2.15. The molecule has 1 aliphatic rings. The molecular formula is C17H19F2N3O2. The fraction of sp³-hybridized carbons (Fsp3) is 0.412. The van der Waals surface area contributed by atoms with Crippen LogP contribution in [0, 0.1) is 18.6 Å². The van der Waals surface area contributed by atoms with Crippen LogP contribution in [0.3, 0.4) is 0 Å². The van der Waals surface area contributed by atoms with Crippen molar-refractivity contribution in [1.29, 1.82) is 0 Å². The molecule has 1 heterocycles. The van der Waals surface area contributed by atoms with Gasteiger partial charge >= 0.3 is 0 Å². The number of aryl methyl sites for hydroxylation is 1. The van der Waals surface area contributed by atoms with E-state index in [1.54, 1.807) is 6.20 Å². The molecule has 1 N–H and O–H groups in total. The van der Waals surface area contributed by atoms with Gasteiger partial charge in [0.05, 0.1) is 12.2 Å². The second-order valence-corrected chi connectivity index (χ2v) is 5.97. The minimum Gasteiger partial charge on any atom is -0.481 e. The van der Waals surface area contributed by atoms with Gasteiger partial charge in [-0.25, -0.2) is 13.5 Å². The minimum absolute atomic E-state index is 0.160. The van der Waals surface area contributed by atoms with Crippen molar-refractivity contribution in [2.24, 2.45) is 0 Å². The molecule has 0 saturated heterocycles. The highest BCUT2D eigenvalue weighted by Gasteiger charge is 2.22. The van der Waals surface area contributed by atoms with Gasteiger partial charge in [0.1, 0.15) is 11.6 Å². The van der Waals surface area contributed by atoms with Crippen LogP contribution in [-0.2, 0) is 4.79 Å². The third kappa shape index (κ3) is 3.55. The summed E-state index contributed by atoms with van der Waals surface area (Å²) in [6, 6.07) is 3.25. The van der Waals surface area contributed by atoms with Gasteiger partial charge in [-0.3, -0.25) is 4.79 Å². The van der Waals surface area contributed by atoms with Crippen LogP contribution in [-0.4, -0.2) is 22.3 Å². The first-order valence-corrected chi connectivity index (χ1v) is 7.96.